The Morgan fingerprint density at radius 1 is 1.39 bits per heavy atom. The Hall–Kier alpha value is -0.770. The fraction of sp³-hybridized carbons (Fsp3) is 0.462. The maximum Gasteiger partial charge on any atom is 0.338 e. The van der Waals surface area contributed by atoms with Crippen LogP contribution in [0, 0.1) is 0 Å². The van der Waals surface area contributed by atoms with Crippen LogP contribution in [0.15, 0.2) is 24.3 Å². The van der Waals surface area contributed by atoms with Gasteiger partial charge in [-0.25, -0.2) is 4.79 Å². The summed E-state index contributed by atoms with van der Waals surface area (Å²) in [6.07, 6.45) is 2.04. The van der Waals surface area contributed by atoms with Gasteiger partial charge in [0.1, 0.15) is 6.10 Å². The molecule has 1 fully saturated rings. The molecule has 0 bridgehead atoms. The lowest BCUT2D eigenvalue weighted by molar-refractivity contribution is 0.0108. The van der Waals surface area contributed by atoms with Crippen molar-refractivity contribution in [2.75, 3.05) is 20.1 Å². The van der Waals surface area contributed by atoms with E-state index in [1.807, 2.05) is 7.05 Å². The van der Waals surface area contributed by atoms with Crippen LogP contribution in [-0.2, 0) is 4.74 Å². The first-order valence-electron chi connectivity index (χ1n) is 5.80. The predicted molar refractivity (Wildman–Crippen MR) is 74.6 cm³/mol. The lowest BCUT2D eigenvalue weighted by atomic mass is 10.1. The number of rotatable bonds is 2. The van der Waals surface area contributed by atoms with Crippen molar-refractivity contribution in [3.8, 4) is 0 Å². The zero-order chi connectivity index (χ0) is 12.3. The molecule has 1 heterocycles. The molecule has 0 aliphatic carbocycles. The summed E-state index contributed by atoms with van der Waals surface area (Å²) in [5, 5.41) is 0.624. The Bertz CT molecular complexity index is 394. The molecule has 2 rings (SSSR count). The van der Waals surface area contributed by atoms with Crippen molar-refractivity contribution in [3.05, 3.63) is 34.9 Å². The van der Waals surface area contributed by atoms with Gasteiger partial charge in [0.2, 0.25) is 0 Å². The number of hydrogen-bond acceptors (Lipinski definition) is 3. The number of ether oxygens (including phenoxy) is 1. The monoisotopic (exact) mass is 289 g/mol. The zero-order valence-corrected chi connectivity index (χ0v) is 11.8. The molecule has 1 aliphatic heterocycles. The van der Waals surface area contributed by atoms with Crippen LogP contribution in [0.2, 0.25) is 5.02 Å². The molecule has 0 spiro atoms. The van der Waals surface area contributed by atoms with Gasteiger partial charge in [0.05, 0.1) is 5.56 Å². The number of benzene rings is 1. The lowest BCUT2D eigenvalue weighted by Crippen LogP contribution is -2.38. The fourth-order valence-electron chi connectivity index (χ4n) is 2.02. The first-order valence-corrected chi connectivity index (χ1v) is 6.18. The van der Waals surface area contributed by atoms with Crippen molar-refractivity contribution in [3.63, 3.8) is 0 Å². The summed E-state index contributed by atoms with van der Waals surface area (Å²) in [4.78, 5) is 14.0. The highest BCUT2D eigenvalue weighted by Gasteiger charge is 2.21. The lowest BCUT2D eigenvalue weighted by Gasteiger charge is -2.29. The summed E-state index contributed by atoms with van der Waals surface area (Å²) in [5.41, 5.74) is 0.558. The number of piperidine rings is 1. The van der Waals surface area contributed by atoms with Crippen molar-refractivity contribution < 1.29 is 9.53 Å². The molecule has 18 heavy (non-hydrogen) atoms. The molecule has 1 aromatic rings. The second-order valence-electron chi connectivity index (χ2n) is 4.44. The van der Waals surface area contributed by atoms with Crippen LogP contribution < -0.4 is 0 Å². The molecule has 1 aromatic carbocycles. The van der Waals surface area contributed by atoms with Gasteiger partial charge < -0.3 is 9.64 Å². The average molecular weight is 290 g/mol. The standard InChI is InChI=1S/C13H16ClNO2.ClH/c1-15-8-2-3-12(9-15)17-13(16)10-4-6-11(14)7-5-10;/h4-7,12H,2-3,8-9H2,1H3;1H. The summed E-state index contributed by atoms with van der Waals surface area (Å²) in [5.74, 6) is -0.262. The smallest absolute Gasteiger partial charge is 0.338 e. The second-order valence-corrected chi connectivity index (χ2v) is 4.88. The van der Waals surface area contributed by atoms with Crippen molar-refractivity contribution in [2.45, 2.75) is 18.9 Å². The van der Waals surface area contributed by atoms with Crippen LogP contribution in [0.4, 0.5) is 0 Å². The van der Waals surface area contributed by atoms with Crippen molar-refractivity contribution in [1.82, 2.24) is 4.90 Å². The molecule has 5 heteroatoms. The maximum atomic E-state index is 11.8. The van der Waals surface area contributed by atoms with E-state index in [4.69, 9.17) is 16.3 Å². The van der Waals surface area contributed by atoms with E-state index >= 15 is 0 Å². The molecular formula is C13H17Cl2NO2. The van der Waals surface area contributed by atoms with E-state index in [9.17, 15) is 4.79 Å². The minimum absolute atomic E-state index is 0. The Labute approximate surface area is 118 Å². The van der Waals surface area contributed by atoms with Gasteiger partial charge in [-0.2, -0.15) is 0 Å². The second kappa shape index (κ2) is 6.98. The number of carbonyl (C=O) groups excluding carboxylic acids is 1. The van der Waals surface area contributed by atoms with Crippen molar-refractivity contribution in [2.24, 2.45) is 0 Å². The van der Waals surface area contributed by atoms with Crippen LogP contribution in [-0.4, -0.2) is 37.1 Å². The van der Waals surface area contributed by atoms with Gasteiger partial charge in [-0.1, -0.05) is 11.6 Å². The van der Waals surface area contributed by atoms with E-state index in [0.29, 0.717) is 10.6 Å². The molecule has 0 N–H and O–H groups in total. The fourth-order valence-corrected chi connectivity index (χ4v) is 2.15. The summed E-state index contributed by atoms with van der Waals surface area (Å²) in [6, 6.07) is 6.78. The van der Waals surface area contributed by atoms with E-state index in [1.54, 1.807) is 24.3 Å². The van der Waals surface area contributed by atoms with E-state index in [-0.39, 0.29) is 24.5 Å². The van der Waals surface area contributed by atoms with E-state index in [1.165, 1.54) is 0 Å². The quantitative estimate of drug-likeness (QED) is 0.784. The van der Waals surface area contributed by atoms with Crippen LogP contribution in [0.5, 0.6) is 0 Å². The summed E-state index contributed by atoms with van der Waals surface area (Å²) in [7, 11) is 2.04. The summed E-state index contributed by atoms with van der Waals surface area (Å²) < 4.78 is 5.46. The van der Waals surface area contributed by atoms with Crippen LogP contribution in [0.25, 0.3) is 0 Å². The van der Waals surface area contributed by atoms with Gasteiger partial charge in [-0.3, -0.25) is 0 Å². The normalized spacial score (nSPS) is 20.0. The highest BCUT2D eigenvalue weighted by molar-refractivity contribution is 6.30. The predicted octanol–water partition coefficient (Wildman–Crippen LogP) is 3.01. The van der Waals surface area contributed by atoms with E-state index in [0.717, 1.165) is 25.9 Å². The number of nitrogens with zero attached hydrogens (tertiary/aromatic N) is 1. The molecule has 0 saturated carbocycles. The molecule has 100 valence electrons. The Morgan fingerprint density at radius 3 is 2.67 bits per heavy atom. The minimum Gasteiger partial charge on any atom is -0.457 e. The number of carbonyl (C=O) groups is 1. The average Bonchev–Trinajstić information content (AvgIpc) is 2.29. The first kappa shape index (κ1) is 15.3. The highest BCUT2D eigenvalue weighted by Crippen LogP contribution is 2.15. The molecule has 0 amide bonds. The largest absolute Gasteiger partial charge is 0.457 e. The van der Waals surface area contributed by atoms with Gasteiger partial charge in [-0.05, 0) is 50.7 Å². The molecule has 1 saturated heterocycles. The molecule has 0 aromatic heterocycles. The third-order valence-electron chi connectivity index (χ3n) is 2.93. The van der Waals surface area contributed by atoms with Gasteiger partial charge in [0, 0.05) is 11.6 Å². The van der Waals surface area contributed by atoms with Gasteiger partial charge in [-0.15, -0.1) is 12.4 Å². The highest BCUT2D eigenvalue weighted by atomic mass is 35.5. The number of esters is 1. The van der Waals surface area contributed by atoms with Gasteiger partial charge >= 0.3 is 5.97 Å². The van der Waals surface area contributed by atoms with Gasteiger partial charge in [0.15, 0.2) is 0 Å². The topological polar surface area (TPSA) is 29.5 Å². The summed E-state index contributed by atoms with van der Waals surface area (Å²) in [6.45, 7) is 1.90. The van der Waals surface area contributed by atoms with Crippen LogP contribution >= 0.6 is 24.0 Å². The number of hydrogen-bond donors (Lipinski definition) is 0. The number of halogens is 2. The Balaban J connectivity index is 0.00000162. The minimum atomic E-state index is -0.262. The van der Waals surface area contributed by atoms with E-state index < -0.39 is 0 Å². The molecular weight excluding hydrogens is 273 g/mol. The van der Waals surface area contributed by atoms with Crippen LogP contribution in [0.3, 0.4) is 0 Å². The van der Waals surface area contributed by atoms with E-state index in [2.05, 4.69) is 4.90 Å². The van der Waals surface area contributed by atoms with Gasteiger partial charge in [0.25, 0.3) is 0 Å². The third-order valence-corrected chi connectivity index (χ3v) is 3.19. The third kappa shape index (κ3) is 4.16. The van der Waals surface area contributed by atoms with Crippen LogP contribution in [0.1, 0.15) is 23.2 Å². The molecule has 0 radical (unpaired) electrons. The Kier molecular flexibility index (Phi) is 5.93. The Morgan fingerprint density at radius 2 is 2.06 bits per heavy atom. The van der Waals surface area contributed by atoms with Crippen molar-refractivity contribution >= 4 is 30.0 Å². The molecule has 3 nitrogen and oxygen atoms in total. The maximum absolute atomic E-state index is 11.8. The SMILES string of the molecule is CN1CCCC(OC(=O)c2ccc(Cl)cc2)C1.Cl. The number of likely N-dealkylation sites (N-methyl/N-ethyl adjacent to an activating group) is 1. The summed E-state index contributed by atoms with van der Waals surface area (Å²) >= 11 is 5.77. The molecule has 1 aliphatic rings. The number of likely N-dealkylation sites (tertiary alicyclic amines) is 1. The molecule has 1 unspecified atom stereocenters. The molecule has 1 atom stereocenters. The van der Waals surface area contributed by atoms with Crippen molar-refractivity contribution in [1.29, 1.82) is 0 Å². The first-order chi connectivity index (χ1) is 8.15. The zero-order valence-electron chi connectivity index (χ0n) is 10.3.